The molecule has 0 amide bonds. The molecule has 16 heavy (non-hydrogen) atoms. The van der Waals surface area contributed by atoms with Gasteiger partial charge in [-0.05, 0) is 38.1 Å². The molecule has 0 atom stereocenters. The molecule has 0 N–H and O–H groups in total. The van der Waals surface area contributed by atoms with Crippen molar-refractivity contribution in [1.29, 1.82) is 5.26 Å². The van der Waals surface area contributed by atoms with E-state index in [-0.39, 0.29) is 0 Å². The molecule has 0 saturated heterocycles. The Morgan fingerprint density at radius 2 is 2.06 bits per heavy atom. The fraction of sp³-hybridized carbons (Fsp3) is 0.846. The van der Waals surface area contributed by atoms with Crippen LogP contribution >= 0.6 is 0 Å². The summed E-state index contributed by atoms with van der Waals surface area (Å²) in [6, 6.07) is 2.87. The SMILES string of the molecule is CN(CC1(CC#N)CC1)C1CCC(=O)CC1. The Kier molecular flexibility index (Phi) is 3.30. The maximum Gasteiger partial charge on any atom is 0.133 e. The lowest BCUT2D eigenvalue weighted by atomic mass is 9.92. The van der Waals surface area contributed by atoms with Crippen molar-refractivity contribution >= 4 is 5.78 Å². The second-order valence-electron chi connectivity index (χ2n) is 5.52. The molecular formula is C13H20N2O. The predicted molar refractivity (Wildman–Crippen MR) is 61.8 cm³/mol. The van der Waals surface area contributed by atoms with E-state index >= 15 is 0 Å². The maximum absolute atomic E-state index is 11.2. The van der Waals surface area contributed by atoms with Gasteiger partial charge in [0.25, 0.3) is 0 Å². The lowest BCUT2D eigenvalue weighted by Gasteiger charge is -2.33. The minimum Gasteiger partial charge on any atom is -0.303 e. The summed E-state index contributed by atoms with van der Waals surface area (Å²) in [6.45, 7) is 1.04. The summed E-state index contributed by atoms with van der Waals surface area (Å²) in [5, 5.41) is 8.79. The summed E-state index contributed by atoms with van der Waals surface area (Å²) >= 11 is 0. The fourth-order valence-electron chi connectivity index (χ4n) is 2.76. The molecular weight excluding hydrogens is 200 g/mol. The van der Waals surface area contributed by atoms with Gasteiger partial charge in [0.15, 0.2) is 0 Å². The average molecular weight is 220 g/mol. The number of ketones is 1. The first-order valence-corrected chi connectivity index (χ1v) is 6.24. The first-order chi connectivity index (χ1) is 7.65. The van der Waals surface area contributed by atoms with E-state index in [9.17, 15) is 4.79 Å². The van der Waals surface area contributed by atoms with Gasteiger partial charge in [0.05, 0.1) is 6.07 Å². The van der Waals surface area contributed by atoms with Crippen molar-refractivity contribution in [3.8, 4) is 6.07 Å². The molecule has 0 aromatic heterocycles. The highest BCUT2D eigenvalue weighted by molar-refractivity contribution is 5.79. The fourth-order valence-corrected chi connectivity index (χ4v) is 2.76. The molecule has 2 saturated carbocycles. The van der Waals surface area contributed by atoms with Crippen LogP contribution < -0.4 is 0 Å². The highest BCUT2D eigenvalue weighted by Gasteiger charge is 2.44. The van der Waals surface area contributed by atoms with E-state index in [2.05, 4.69) is 18.0 Å². The van der Waals surface area contributed by atoms with E-state index in [1.807, 2.05) is 0 Å². The molecule has 0 unspecified atom stereocenters. The number of nitrogens with zero attached hydrogens (tertiary/aromatic N) is 2. The number of carbonyl (C=O) groups excluding carboxylic acids is 1. The van der Waals surface area contributed by atoms with Crippen molar-refractivity contribution in [1.82, 2.24) is 4.90 Å². The standard InChI is InChI=1S/C13H20N2O/c1-15(10-13(6-7-13)8-9-14)11-2-4-12(16)5-3-11/h11H,2-8,10H2,1H3. The Labute approximate surface area is 97.4 Å². The maximum atomic E-state index is 11.2. The minimum absolute atomic E-state index is 0.297. The lowest BCUT2D eigenvalue weighted by molar-refractivity contribution is -0.121. The summed E-state index contributed by atoms with van der Waals surface area (Å²) < 4.78 is 0. The molecule has 2 aliphatic rings. The van der Waals surface area contributed by atoms with E-state index in [1.54, 1.807) is 0 Å². The number of Topliss-reactive ketones (excluding diaryl/α,β-unsaturated/α-hetero) is 1. The van der Waals surface area contributed by atoms with Gasteiger partial charge < -0.3 is 4.90 Å². The van der Waals surface area contributed by atoms with Crippen molar-refractivity contribution in [2.45, 2.75) is 51.0 Å². The second-order valence-corrected chi connectivity index (χ2v) is 5.52. The Hall–Kier alpha value is -0.880. The van der Waals surface area contributed by atoms with Gasteiger partial charge in [-0.3, -0.25) is 4.79 Å². The normalized spacial score (nSPS) is 24.4. The monoisotopic (exact) mass is 220 g/mol. The van der Waals surface area contributed by atoms with E-state index in [1.165, 1.54) is 12.8 Å². The highest BCUT2D eigenvalue weighted by Crippen LogP contribution is 2.49. The third-order valence-electron chi connectivity index (χ3n) is 4.13. The van der Waals surface area contributed by atoms with Gasteiger partial charge in [-0.25, -0.2) is 0 Å². The van der Waals surface area contributed by atoms with Crippen LogP contribution in [0.2, 0.25) is 0 Å². The highest BCUT2D eigenvalue weighted by atomic mass is 16.1. The van der Waals surface area contributed by atoms with Crippen LogP contribution in [0.1, 0.15) is 44.9 Å². The third kappa shape index (κ3) is 2.62. The number of carbonyl (C=O) groups is 1. The third-order valence-corrected chi connectivity index (χ3v) is 4.13. The quantitative estimate of drug-likeness (QED) is 0.729. The first-order valence-electron chi connectivity index (χ1n) is 6.24. The van der Waals surface area contributed by atoms with Crippen LogP contribution in [-0.2, 0) is 4.79 Å². The molecule has 0 aliphatic heterocycles. The average Bonchev–Trinajstić information content (AvgIpc) is 2.99. The minimum atomic E-state index is 0.297. The van der Waals surface area contributed by atoms with Gasteiger partial charge in [-0.2, -0.15) is 5.26 Å². The lowest BCUT2D eigenvalue weighted by Crippen LogP contribution is -2.38. The Morgan fingerprint density at radius 3 is 2.56 bits per heavy atom. The van der Waals surface area contributed by atoms with Crippen LogP contribution in [0, 0.1) is 16.7 Å². The van der Waals surface area contributed by atoms with Crippen molar-refractivity contribution in [3.05, 3.63) is 0 Å². The second kappa shape index (κ2) is 4.55. The van der Waals surface area contributed by atoms with Crippen LogP contribution in [0.5, 0.6) is 0 Å². The zero-order chi connectivity index (χ0) is 11.6. The zero-order valence-electron chi connectivity index (χ0n) is 10.0. The van der Waals surface area contributed by atoms with Crippen molar-refractivity contribution in [2.24, 2.45) is 5.41 Å². The summed E-state index contributed by atoms with van der Waals surface area (Å²) in [4.78, 5) is 13.6. The number of hydrogen-bond acceptors (Lipinski definition) is 3. The Balaban J connectivity index is 1.82. The van der Waals surface area contributed by atoms with Crippen LogP contribution in [-0.4, -0.2) is 30.3 Å². The Morgan fingerprint density at radius 1 is 1.44 bits per heavy atom. The molecule has 2 aliphatic carbocycles. The Bertz CT molecular complexity index is 304. The molecule has 0 bridgehead atoms. The summed E-state index contributed by atoms with van der Waals surface area (Å²) in [5.74, 6) is 0.419. The van der Waals surface area contributed by atoms with Crippen LogP contribution in [0.4, 0.5) is 0 Å². The molecule has 0 aromatic rings. The topological polar surface area (TPSA) is 44.1 Å². The van der Waals surface area contributed by atoms with Crippen molar-refractivity contribution < 1.29 is 4.79 Å². The van der Waals surface area contributed by atoms with Gasteiger partial charge in [0.1, 0.15) is 5.78 Å². The molecule has 0 heterocycles. The molecule has 0 aromatic carbocycles. The molecule has 2 rings (SSSR count). The molecule has 0 spiro atoms. The van der Waals surface area contributed by atoms with Crippen molar-refractivity contribution in [3.63, 3.8) is 0 Å². The van der Waals surface area contributed by atoms with Crippen LogP contribution in [0.25, 0.3) is 0 Å². The van der Waals surface area contributed by atoms with E-state index < -0.39 is 0 Å². The van der Waals surface area contributed by atoms with Gasteiger partial charge >= 0.3 is 0 Å². The molecule has 0 radical (unpaired) electrons. The van der Waals surface area contributed by atoms with E-state index in [0.29, 0.717) is 23.7 Å². The van der Waals surface area contributed by atoms with E-state index in [0.717, 1.165) is 32.2 Å². The first kappa shape index (κ1) is 11.6. The summed E-state index contributed by atoms with van der Waals surface area (Å²) in [5.41, 5.74) is 0.297. The van der Waals surface area contributed by atoms with Gasteiger partial charge in [-0.15, -0.1) is 0 Å². The van der Waals surface area contributed by atoms with Crippen LogP contribution in [0.3, 0.4) is 0 Å². The molecule has 88 valence electrons. The molecule has 2 fully saturated rings. The van der Waals surface area contributed by atoms with E-state index in [4.69, 9.17) is 5.26 Å². The number of hydrogen-bond donors (Lipinski definition) is 0. The largest absolute Gasteiger partial charge is 0.303 e. The van der Waals surface area contributed by atoms with Crippen molar-refractivity contribution in [2.75, 3.05) is 13.6 Å². The van der Waals surface area contributed by atoms with Gasteiger partial charge in [0, 0.05) is 31.8 Å². The predicted octanol–water partition coefficient (Wildman–Crippen LogP) is 2.12. The van der Waals surface area contributed by atoms with Crippen LogP contribution in [0.15, 0.2) is 0 Å². The molecule has 3 heteroatoms. The van der Waals surface area contributed by atoms with Gasteiger partial charge in [-0.1, -0.05) is 0 Å². The van der Waals surface area contributed by atoms with Gasteiger partial charge in [0.2, 0.25) is 0 Å². The number of nitriles is 1. The summed E-state index contributed by atoms with van der Waals surface area (Å²) in [7, 11) is 2.15. The summed E-state index contributed by atoms with van der Waals surface area (Å²) in [6.07, 6.45) is 6.63. The smallest absolute Gasteiger partial charge is 0.133 e. The number of rotatable bonds is 4. The zero-order valence-corrected chi connectivity index (χ0v) is 10.0. The molecule has 3 nitrogen and oxygen atoms in total.